The quantitative estimate of drug-likeness (QED) is 0.732. The molecule has 2 rings (SSSR count). The summed E-state index contributed by atoms with van der Waals surface area (Å²) in [7, 11) is 2.87. The highest BCUT2D eigenvalue weighted by Gasteiger charge is 2.21. The average molecular weight is 293 g/mol. The monoisotopic (exact) mass is 293 g/mol. The molecule has 8 heteroatoms. The van der Waals surface area contributed by atoms with E-state index in [1.165, 1.54) is 7.11 Å². The van der Waals surface area contributed by atoms with Crippen LogP contribution < -0.4 is 0 Å². The van der Waals surface area contributed by atoms with Gasteiger partial charge >= 0.3 is 5.97 Å². The molecule has 114 valence electrons. The van der Waals surface area contributed by atoms with E-state index in [0.717, 1.165) is 17.9 Å². The summed E-state index contributed by atoms with van der Waals surface area (Å²) in [5.74, 6) is -0.520. The fraction of sp³-hybridized carbons (Fsp3) is 0.538. The van der Waals surface area contributed by atoms with Crippen molar-refractivity contribution in [1.82, 2.24) is 24.8 Å². The standard InChI is InChI=1S/C13H19N5O3/c1-5-17-10(6-9(2)15-17)7-18-11(8-20-3)12(14-16-18)13(19)21-4/h6H,5,7-8H2,1-4H3. The molecular formula is C13H19N5O3. The first-order chi connectivity index (χ1) is 10.1. The van der Waals surface area contributed by atoms with Crippen molar-refractivity contribution in [3.8, 4) is 0 Å². The highest BCUT2D eigenvalue weighted by molar-refractivity contribution is 5.88. The molecule has 0 unspecified atom stereocenters. The third-order valence-electron chi connectivity index (χ3n) is 3.09. The SMILES string of the molecule is CCn1nc(C)cc1Cn1nnc(C(=O)OC)c1COC. The van der Waals surface area contributed by atoms with Crippen LogP contribution in [0.15, 0.2) is 6.07 Å². The summed E-state index contributed by atoms with van der Waals surface area (Å²) in [4.78, 5) is 11.7. The van der Waals surface area contributed by atoms with Crippen LogP contribution in [0.2, 0.25) is 0 Å². The van der Waals surface area contributed by atoms with Gasteiger partial charge in [-0.15, -0.1) is 5.10 Å². The molecule has 0 aliphatic carbocycles. The first-order valence-corrected chi connectivity index (χ1v) is 6.63. The zero-order chi connectivity index (χ0) is 15.4. The van der Waals surface area contributed by atoms with Crippen LogP contribution >= 0.6 is 0 Å². The van der Waals surface area contributed by atoms with E-state index in [9.17, 15) is 4.79 Å². The van der Waals surface area contributed by atoms with E-state index in [0.29, 0.717) is 12.2 Å². The van der Waals surface area contributed by atoms with Gasteiger partial charge in [0, 0.05) is 13.7 Å². The molecule has 8 nitrogen and oxygen atoms in total. The maximum Gasteiger partial charge on any atom is 0.360 e. The van der Waals surface area contributed by atoms with Crippen molar-refractivity contribution in [2.24, 2.45) is 0 Å². The summed E-state index contributed by atoms with van der Waals surface area (Å²) in [6.07, 6.45) is 0. The van der Waals surface area contributed by atoms with Crippen molar-refractivity contribution in [3.63, 3.8) is 0 Å². The number of aromatic nitrogens is 5. The van der Waals surface area contributed by atoms with Crippen LogP contribution in [0.1, 0.15) is 34.5 Å². The van der Waals surface area contributed by atoms with Crippen LogP contribution in [0.3, 0.4) is 0 Å². The number of nitrogens with zero attached hydrogens (tertiary/aromatic N) is 5. The molecule has 0 amide bonds. The Labute approximate surface area is 122 Å². The van der Waals surface area contributed by atoms with Gasteiger partial charge in [0.25, 0.3) is 0 Å². The van der Waals surface area contributed by atoms with Crippen molar-refractivity contribution in [1.29, 1.82) is 0 Å². The molecule has 0 aromatic carbocycles. The highest BCUT2D eigenvalue weighted by Crippen LogP contribution is 2.12. The van der Waals surface area contributed by atoms with Gasteiger partial charge in [-0.3, -0.25) is 4.68 Å². The number of hydrogen-bond acceptors (Lipinski definition) is 6. The van der Waals surface area contributed by atoms with Crippen molar-refractivity contribution in [2.45, 2.75) is 33.5 Å². The van der Waals surface area contributed by atoms with E-state index in [1.807, 2.05) is 24.6 Å². The fourth-order valence-electron chi connectivity index (χ4n) is 2.15. The number of rotatable bonds is 6. The molecular weight excluding hydrogens is 274 g/mol. The Morgan fingerprint density at radius 3 is 2.71 bits per heavy atom. The number of methoxy groups -OCH3 is 2. The third kappa shape index (κ3) is 3.10. The molecule has 0 saturated carbocycles. The Hall–Kier alpha value is -2.22. The largest absolute Gasteiger partial charge is 0.464 e. The predicted octanol–water partition coefficient (Wildman–Crippen LogP) is 0.784. The second-order valence-electron chi connectivity index (χ2n) is 4.56. The molecule has 21 heavy (non-hydrogen) atoms. The van der Waals surface area contributed by atoms with Crippen molar-refractivity contribution < 1.29 is 14.3 Å². The molecule has 0 aliphatic rings. The molecule has 0 atom stereocenters. The van der Waals surface area contributed by atoms with Gasteiger partial charge in [-0.1, -0.05) is 5.21 Å². The molecule has 0 bridgehead atoms. The van der Waals surface area contributed by atoms with Gasteiger partial charge in [-0.05, 0) is 19.9 Å². The maximum absolute atomic E-state index is 11.7. The van der Waals surface area contributed by atoms with Crippen LogP contribution in [0.4, 0.5) is 0 Å². The first kappa shape index (κ1) is 15.2. The predicted molar refractivity (Wildman–Crippen MR) is 73.8 cm³/mol. The minimum absolute atomic E-state index is 0.179. The Bertz CT molecular complexity index is 632. The van der Waals surface area contributed by atoms with Crippen LogP contribution in [0.5, 0.6) is 0 Å². The minimum atomic E-state index is -0.520. The van der Waals surface area contributed by atoms with Crippen molar-refractivity contribution in [3.05, 3.63) is 28.8 Å². The van der Waals surface area contributed by atoms with Crippen LogP contribution in [0.25, 0.3) is 0 Å². The van der Waals surface area contributed by atoms with Gasteiger partial charge in [-0.2, -0.15) is 5.10 Å². The lowest BCUT2D eigenvalue weighted by molar-refractivity contribution is 0.0588. The van der Waals surface area contributed by atoms with Crippen LogP contribution in [0, 0.1) is 6.92 Å². The minimum Gasteiger partial charge on any atom is -0.464 e. The molecule has 0 aliphatic heterocycles. The normalized spacial score (nSPS) is 10.9. The lowest BCUT2D eigenvalue weighted by Crippen LogP contribution is -2.14. The van der Waals surface area contributed by atoms with E-state index < -0.39 is 5.97 Å². The summed E-state index contributed by atoms with van der Waals surface area (Å²) in [5.41, 5.74) is 2.70. The van der Waals surface area contributed by atoms with E-state index >= 15 is 0 Å². The van der Waals surface area contributed by atoms with E-state index in [4.69, 9.17) is 9.47 Å². The second kappa shape index (κ2) is 6.49. The van der Waals surface area contributed by atoms with E-state index in [-0.39, 0.29) is 12.3 Å². The van der Waals surface area contributed by atoms with Crippen molar-refractivity contribution in [2.75, 3.05) is 14.2 Å². The highest BCUT2D eigenvalue weighted by atomic mass is 16.5. The van der Waals surface area contributed by atoms with Crippen molar-refractivity contribution >= 4 is 5.97 Å². The number of aryl methyl sites for hydroxylation is 2. The molecule has 0 fully saturated rings. The summed E-state index contributed by atoms with van der Waals surface area (Å²) in [6.45, 7) is 5.43. The average Bonchev–Trinajstić information content (AvgIpc) is 3.03. The van der Waals surface area contributed by atoms with Gasteiger partial charge in [-0.25, -0.2) is 9.48 Å². The second-order valence-corrected chi connectivity index (χ2v) is 4.56. The van der Waals surface area contributed by atoms with E-state index in [1.54, 1.807) is 11.8 Å². The number of ether oxygens (including phenoxy) is 2. The van der Waals surface area contributed by atoms with Gasteiger partial charge in [0.1, 0.15) is 0 Å². The summed E-state index contributed by atoms with van der Waals surface area (Å²) < 4.78 is 13.4. The molecule has 2 heterocycles. The Morgan fingerprint density at radius 2 is 2.10 bits per heavy atom. The zero-order valence-corrected chi connectivity index (χ0v) is 12.7. The third-order valence-corrected chi connectivity index (χ3v) is 3.09. The number of carbonyl (C=O) groups is 1. The van der Waals surface area contributed by atoms with Crippen LogP contribution in [-0.2, 0) is 29.2 Å². The molecule has 2 aromatic heterocycles. The number of hydrogen-bond donors (Lipinski definition) is 0. The van der Waals surface area contributed by atoms with E-state index in [2.05, 4.69) is 15.4 Å². The number of carbonyl (C=O) groups excluding carboxylic acids is 1. The molecule has 0 N–H and O–H groups in total. The van der Waals surface area contributed by atoms with Gasteiger partial charge in [0.15, 0.2) is 5.69 Å². The van der Waals surface area contributed by atoms with Gasteiger partial charge < -0.3 is 9.47 Å². The molecule has 0 spiro atoms. The van der Waals surface area contributed by atoms with Crippen LogP contribution in [-0.4, -0.2) is 45.0 Å². The smallest absolute Gasteiger partial charge is 0.360 e. The lowest BCUT2D eigenvalue weighted by atomic mass is 10.3. The topological polar surface area (TPSA) is 84.1 Å². The van der Waals surface area contributed by atoms with Gasteiger partial charge in [0.2, 0.25) is 0 Å². The fourth-order valence-corrected chi connectivity index (χ4v) is 2.15. The molecule has 0 radical (unpaired) electrons. The zero-order valence-electron chi connectivity index (χ0n) is 12.7. The first-order valence-electron chi connectivity index (χ1n) is 6.63. The summed E-state index contributed by atoms with van der Waals surface area (Å²) in [6, 6.07) is 1.99. The maximum atomic E-state index is 11.7. The Morgan fingerprint density at radius 1 is 1.33 bits per heavy atom. The molecule has 2 aromatic rings. The molecule has 0 saturated heterocycles. The van der Waals surface area contributed by atoms with Gasteiger partial charge in [0.05, 0.1) is 37.3 Å². The summed E-state index contributed by atoms with van der Waals surface area (Å²) >= 11 is 0. The summed E-state index contributed by atoms with van der Waals surface area (Å²) in [5, 5.41) is 12.3. The lowest BCUT2D eigenvalue weighted by Gasteiger charge is -2.08. The Balaban J connectivity index is 2.35. The number of esters is 1. The Kier molecular flexibility index (Phi) is 4.69.